The molecule has 0 radical (unpaired) electrons. The first-order valence-corrected chi connectivity index (χ1v) is 5.71. The lowest BCUT2D eigenvalue weighted by Crippen LogP contribution is -2.08. The van der Waals surface area contributed by atoms with Crippen LogP contribution >= 0.6 is 0 Å². The monoisotopic (exact) mass is 246 g/mol. The Labute approximate surface area is 105 Å². The summed E-state index contributed by atoms with van der Waals surface area (Å²) in [7, 11) is 0. The van der Waals surface area contributed by atoms with E-state index in [-0.39, 0.29) is 5.82 Å². The van der Waals surface area contributed by atoms with Gasteiger partial charge in [-0.3, -0.25) is 0 Å². The molecule has 0 amide bonds. The average molecular weight is 246 g/mol. The van der Waals surface area contributed by atoms with Gasteiger partial charge in [-0.15, -0.1) is 0 Å². The van der Waals surface area contributed by atoms with Gasteiger partial charge in [-0.2, -0.15) is 0 Å². The predicted molar refractivity (Wildman–Crippen MR) is 69.8 cm³/mol. The predicted octanol–water partition coefficient (Wildman–Crippen LogP) is 2.16. The van der Waals surface area contributed by atoms with Gasteiger partial charge in [-0.05, 0) is 36.6 Å². The fraction of sp³-hybridized carbons (Fsp3) is 0.231. The van der Waals surface area contributed by atoms with Crippen molar-refractivity contribution >= 4 is 11.6 Å². The van der Waals surface area contributed by atoms with Crippen LogP contribution in [0, 0.1) is 12.7 Å². The highest BCUT2D eigenvalue weighted by molar-refractivity contribution is 5.43. The summed E-state index contributed by atoms with van der Waals surface area (Å²) < 4.78 is 12.9. The second kappa shape index (κ2) is 5.44. The Morgan fingerprint density at radius 1 is 1.28 bits per heavy atom. The molecule has 1 aromatic carbocycles. The first kappa shape index (κ1) is 12.3. The molecular formula is C13H15FN4. The largest absolute Gasteiger partial charge is 0.384 e. The van der Waals surface area contributed by atoms with Crippen molar-refractivity contribution in [2.45, 2.75) is 13.3 Å². The molecule has 94 valence electrons. The summed E-state index contributed by atoms with van der Waals surface area (Å²) >= 11 is 0. The molecule has 0 spiro atoms. The minimum atomic E-state index is -0.201. The van der Waals surface area contributed by atoms with E-state index in [0.29, 0.717) is 18.2 Å². The van der Waals surface area contributed by atoms with Crippen molar-refractivity contribution in [3.8, 4) is 0 Å². The van der Waals surface area contributed by atoms with Gasteiger partial charge in [-0.25, -0.2) is 14.4 Å². The summed E-state index contributed by atoms with van der Waals surface area (Å²) in [5, 5.41) is 3.15. The number of aromatic nitrogens is 2. The molecule has 4 nitrogen and oxygen atoms in total. The van der Waals surface area contributed by atoms with E-state index in [1.165, 1.54) is 18.5 Å². The number of nitrogens with zero attached hydrogens (tertiary/aromatic N) is 2. The Hall–Kier alpha value is -2.17. The lowest BCUT2D eigenvalue weighted by Gasteiger charge is -2.08. The molecule has 0 saturated carbocycles. The number of hydrogen-bond acceptors (Lipinski definition) is 4. The minimum absolute atomic E-state index is 0.201. The standard InChI is InChI=1S/C13H15FN4/c1-9-6-11(14)3-2-10(9)4-5-16-13-7-12(15)17-8-18-13/h2-3,6-8H,4-5H2,1H3,(H3,15,16,17,18). The topological polar surface area (TPSA) is 63.8 Å². The molecule has 0 aliphatic rings. The van der Waals surface area contributed by atoms with Crippen LogP contribution in [0.2, 0.25) is 0 Å². The van der Waals surface area contributed by atoms with E-state index in [1.54, 1.807) is 12.1 Å². The van der Waals surface area contributed by atoms with Crippen LogP contribution in [0.4, 0.5) is 16.0 Å². The molecule has 0 saturated heterocycles. The van der Waals surface area contributed by atoms with Gasteiger partial charge in [0.2, 0.25) is 0 Å². The van der Waals surface area contributed by atoms with E-state index in [2.05, 4.69) is 15.3 Å². The number of halogens is 1. The van der Waals surface area contributed by atoms with E-state index in [0.717, 1.165) is 17.5 Å². The number of nitrogen functional groups attached to an aromatic ring is 1. The third-order valence-corrected chi connectivity index (χ3v) is 2.69. The van der Waals surface area contributed by atoms with Crippen LogP contribution in [-0.4, -0.2) is 16.5 Å². The summed E-state index contributed by atoms with van der Waals surface area (Å²) in [6.45, 7) is 2.62. The highest BCUT2D eigenvalue weighted by Crippen LogP contribution is 2.11. The van der Waals surface area contributed by atoms with E-state index in [9.17, 15) is 4.39 Å². The molecule has 3 N–H and O–H groups in total. The van der Waals surface area contributed by atoms with Gasteiger partial charge in [0.1, 0.15) is 23.8 Å². The molecular weight excluding hydrogens is 231 g/mol. The number of anilines is 2. The zero-order valence-corrected chi connectivity index (χ0v) is 10.2. The molecule has 18 heavy (non-hydrogen) atoms. The molecule has 2 rings (SSSR count). The maximum atomic E-state index is 12.9. The van der Waals surface area contributed by atoms with Crippen molar-refractivity contribution < 1.29 is 4.39 Å². The van der Waals surface area contributed by atoms with Crippen molar-refractivity contribution in [2.75, 3.05) is 17.6 Å². The number of nitrogens with two attached hydrogens (primary N) is 1. The van der Waals surface area contributed by atoms with Crippen LogP contribution in [0.5, 0.6) is 0 Å². The van der Waals surface area contributed by atoms with E-state index in [4.69, 9.17) is 5.73 Å². The van der Waals surface area contributed by atoms with E-state index >= 15 is 0 Å². The molecule has 0 aliphatic heterocycles. The molecule has 0 bridgehead atoms. The quantitative estimate of drug-likeness (QED) is 0.867. The lowest BCUT2D eigenvalue weighted by atomic mass is 10.1. The fourth-order valence-corrected chi connectivity index (χ4v) is 1.73. The molecule has 0 unspecified atom stereocenters. The van der Waals surface area contributed by atoms with Gasteiger partial charge < -0.3 is 11.1 Å². The molecule has 0 fully saturated rings. The number of nitrogens with one attached hydrogen (secondary N) is 1. The summed E-state index contributed by atoms with van der Waals surface area (Å²) in [5.74, 6) is 0.931. The number of hydrogen-bond donors (Lipinski definition) is 2. The Morgan fingerprint density at radius 2 is 2.11 bits per heavy atom. The Balaban J connectivity index is 1.92. The normalized spacial score (nSPS) is 10.3. The van der Waals surface area contributed by atoms with E-state index in [1.807, 2.05) is 6.92 Å². The van der Waals surface area contributed by atoms with Crippen molar-refractivity contribution in [3.63, 3.8) is 0 Å². The third kappa shape index (κ3) is 3.16. The first-order valence-electron chi connectivity index (χ1n) is 5.71. The zero-order valence-electron chi connectivity index (χ0n) is 10.2. The van der Waals surface area contributed by atoms with Crippen LogP contribution in [0.15, 0.2) is 30.6 Å². The Morgan fingerprint density at radius 3 is 2.83 bits per heavy atom. The molecule has 1 heterocycles. The summed E-state index contributed by atoms with van der Waals surface area (Å²) in [5.41, 5.74) is 7.62. The fourth-order valence-electron chi connectivity index (χ4n) is 1.73. The van der Waals surface area contributed by atoms with Crippen LogP contribution in [0.25, 0.3) is 0 Å². The number of benzene rings is 1. The Bertz CT molecular complexity index is 542. The molecule has 5 heteroatoms. The van der Waals surface area contributed by atoms with Gasteiger partial charge >= 0.3 is 0 Å². The van der Waals surface area contributed by atoms with Gasteiger partial charge in [0.15, 0.2) is 0 Å². The number of rotatable bonds is 4. The molecule has 0 atom stereocenters. The maximum Gasteiger partial charge on any atom is 0.131 e. The Kier molecular flexibility index (Phi) is 3.72. The van der Waals surface area contributed by atoms with Crippen molar-refractivity contribution in [1.29, 1.82) is 0 Å². The molecule has 1 aromatic heterocycles. The van der Waals surface area contributed by atoms with Gasteiger partial charge in [0, 0.05) is 12.6 Å². The molecule has 0 aliphatic carbocycles. The SMILES string of the molecule is Cc1cc(F)ccc1CCNc1cc(N)ncn1. The van der Waals surface area contributed by atoms with Crippen LogP contribution in [0.1, 0.15) is 11.1 Å². The van der Waals surface area contributed by atoms with Gasteiger partial charge in [-0.1, -0.05) is 6.07 Å². The third-order valence-electron chi connectivity index (χ3n) is 2.69. The average Bonchev–Trinajstić information content (AvgIpc) is 2.32. The van der Waals surface area contributed by atoms with Crippen molar-refractivity contribution in [2.24, 2.45) is 0 Å². The van der Waals surface area contributed by atoms with Gasteiger partial charge in [0.25, 0.3) is 0 Å². The highest BCUT2D eigenvalue weighted by atomic mass is 19.1. The van der Waals surface area contributed by atoms with Crippen LogP contribution < -0.4 is 11.1 Å². The summed E-state index contributed by atoms with van der Waals surface area (Å²) in [4.78, 5) is 7.86. The van der Waals surface area contributed by atoms with Crippen molar-refractivity contribution in [1.82, 2.24) is 9.97 Å². The van der Waals surface area contributed by atoms with Gasteiger partial charge in [0.05, 0.1) is 0 Å². The van der Waals surface area contributed by atoms with Crippen LogP contribution in [-0.2, 0) is 6.42 Å². The lowest BCUT2D eigenvalue weighted by molar-refractivity contribution is 0.625. The smallest absolute Gasteiger partial charge is 0.131 e. The van der Waals surface area contributed by atoms with Crippen LogP contribution in [0.3, 0.4) is 0 Å². The summed E-state index contributed by atoms with van der Waals surface area (Å²) in [6, 6.07) is 6.50. The van der Waals surface area contributed by atoms with E-state index < -0.39 is 0 Å². The minimum Gasteiger partial charge on any atom is -0.384 e. The number of aryl methyl sites for hydroxylation is 1. The highest BCUT2D eigenvalue weighted by Gasteiger charge is 2.00. The second-order valence-electron chi connectivity index (χ2n) is 4.08. The molecule has 2 aromatic rings. The first-order chi connectivity index (χ1) is 8.65. The summed E-state index contributed by atoms with van der Waals surface area (Å²) in [6.07, 6.45) is 2.22. The second-order valence-corrected chi connectivity index (χ2v) is 4.08. The van der Waals surface area contributed by atoms with Crippen molar-refractivity contribution in [3.05, 3.63) is 47.5 Å². The maximum absolute atomic E-state index is 12.9. The zero-order chi connectivity index (χ0) is 13.0.